The van der Waals surface area contributed by atoms with E-state index in [1.54, 1.807) is 0 Å². The van der Waals surface area contributed by atoms with Crippen LogP contribution in [0.15, 0.2) is 18.3 Å². The Labute approximate surface area is 70.8 Å². The number of carboxylic acids is 1. The second kappa shape index (κ2) is 3.04. The van der Waals surface area contributed by atoms with Gasteiger partial charge in [-0.2, -0.15) is 13.2 Å². The summed E-state index contributed by atoms with van der Waals surface area (Å²) in [7, 11) is 0. The third-order valence-corrected chi connectivity index (χ3v) is 1.31. The van der Waals surface area contributed by atoms with Gasteiger partial charge in [0, 0.05) is 6.20 Å². The first kappa shape index (κ1) is 9.50. The van der Waals surface area contributed by atoms with Crippen molar-refractivity contribution < 1.29 is 23.1 Å². The second-order valence-corrected chi connectivity index (χ2v) is 2.20. The zero-order chi connectivity index (χ0) is 10.1. The smallest absolute Gasteiger partial charge is 0.434 e. The molecule has 1 aromatic heterocycles. The van der Waals surface area contributed by atoms with Gasteiger partial charge in [0.05, 0.1) is 5.56 Å². The third-order valence-electron chi connectivity index (χ3n) is 1.31. The van der Waals surface area contributed by atoms with Crippen molar-refractivity contribution in [2.24, 2.45) is 0 Å². The van der Waals surface area contributed by atoms with E-state index in [2.05, 4.69) is 4.98 Å². The third kappa shape index (κ3) is 1.95. The number of carboxylic acid groups (broad SMARTS) is 1. The van der Waals surface area contributed by atoms with Gasteiger partial charge in [-0.3, -0.25) is 4.98 Å². The van der Waals surface area contributed by atoms with Crippen LogP contribution in [0.3, 0.4) is 0 Å². The normalized spacial score (nSPS) is 11.3. The van der Waals surface area contributed by atoms with Gasteiger partial charge < -0.3 is 5.11 Å². The van der Waals surface area contributed by atoms with Gasteiger partial charge in [0.2, 0.25) is 0 Å². The van der Waals surface area contributed by atoms with E-state index >= 15 is 0 Å². The number of halogens is 3. The summed E-state index contributed by atoms with van der Waals surface area (Å²) >= 11 is 0. The topological polar surface area (TPSA) is 50.2 Å². The van der Waals surface area contributed by atoms with Gasteiger partial charge in [0.25, 0.3) is 0 Å². The van der Waals surface area contributed by atoms with Gasteiger partial charge in [-0.15, -0.1) is 0 Å². The molecule has 0 fully saturated rings. The van der Waals surface area contributed by atoms with Crippen molar-refractivity contribution in [1.82, 2.24) is 4.98 Å². The van der Waals surface area contributed by atoms with E-state index in [4.69, 9.17) is 5.11 Å². The van der Waals surface area contributed by atoms with Crippen LogP contribution in [0, 0.1) is 0 Å². The van der Waals surface area contributed by atoms with E-state index in [0.717, 1.165) is 18.3 Å². The molecule has 0 aromatic carbocycles. The van der Waals surface area contributed by atoms with Crippen LogP contribution in [0.25, 0.3) is 0 Å². The standard InChI is InChI=1S/C7H4F3NO2/c8-7(9,10)5-4(6(12)13)2-1-3-11-5/h1-3H,(H,12,13)/i3+1,5+1,11+1. The van der Waals surface area contributed by atoms with Crippen LogP contribution < -0.4 is 0 Å². The molecule has 6 heteroatoms. The predicted octanol–water partition coefficient (Wildman–Crippen LogP) is 1.80. The van der Waals surface area contributed by atoms with E-state index in [0.29, 0.717) is 0 Å². The summed E-state index contributed by atoms with van der Waals surface area (Å²) in [5.74, 6) is -1.64. The lowest BCUT2D eigenvalue weighted by Gasteiger charge is -2.07. The van der Waals surface area contributed by atoms with Crippen LogP contribution in [0.2, 0.25) is 0 Å². The summed E-state index contributed by atoms with van der Waals surface area (Å²) in [4.78, 5) is 13.3. The molecular weight excluding hydrogens is 190 g/mol. The molecule has 1 rings (SSSR count). The van der Waals surface area contributed by atoms with Crippen LogP contribution in [-0.2, 0) is 6.18 Å². The number of pyridine rings is 1. The lowest BCUT2D eigenvalue weighted by molar-refractivity contribution is -0.141. The number of alkyl halides is 3. The Bertz CT molecular complexity index is 335. The van der Waals surface area contributed by atoms with Crippen molar-refractivity contribution in [1.29, 1.82) is 0 Å². The minimum Gasteiger partial charge on any atom is -0.478 e. The number of aromatic carboxylic acids is 1. The van der Waals surface area contributed by atoms with Gasteiger partial charge in [-0.25, -0.2) is 4.79 Å². The number of rotatable bonds is 1. The molecule has 0 unspecified atom stereocenters. The monoisotopic (exact) mass is 194 g/mol. The maximum absolute atomic E-state index is 12.1. The van der Waals surface area contributed by atoms with Gasteiger partial charge in [-0.05, 0) is 12.1 Å². The molecule has 1 N–H and O–H groups in total. The average Bonchev–Trinajstić information content (AvgIpc) is 2.03. The summed E-state index contributed by atoms with van der Waals surface area (Å²) in [5, 5.41) is 8.39. The zero-order valence-corrected chi connectivity index (χ0v) is 6.17. The van der Waals surface area contributed by atoms with Gasteiger partial charge in [0.1, 0.15) is 0 Å². The highest BCUT2D eigenvalue weighted by Gasteiger charge is 2.36. The molecule has 0 radical (unpaired) electrons. The first-order valence-corrected chi connectivity index (χ1v) is 3.18. The van der Waals surface area contributed by atoms with Crippen LogP contribution in [0.4, 0.5) is 13.2 Å². The number of hydrogen-bond donors (Lipinski definition) is 1. The highest BCUT2D eigenvalue weighted by molar-refractivity contribution is 5.88. The van der Waals surface area contributed by atoms with Crippen molar-refractivity contribution in [3.05, 3.63) is 29.6 Å². The van der Waals surface area contributed by atoms with E-state index in [1.807, 2.05) is 0 Å². The van der Waals surface area contributed by atoms with Gasteiger partial charge >= 0.3 is 12.1 Å². The zero-order valence-electron chi connectivity index (χ0n) is 6.17. The molecule has 13 heavy (non-hydrogen) atoms. The minimum atomic E-state index is -4.73. The molecule has 0 aliphatic heterocycles. The molecule has 0 amide bonds. The molecule has 0 aliphatic rings. The van der Waals surface area contributed by atoms with Crippen molar-refractivity contribution >= 4 is 5.97 Å². The fourth-order valence-corrected chi connectivity index (χ4v) is 0.804. The molecule has 0 atom stereocenters. The Hall–Kier alpha value is -1.59. The quantitative estimate of drug-likeness (QED) is 0.741. The van der Waals surface area contributed by atoms with Crippen molar-refractivity contribution in [3.63, 3.8) is 0 Å². The van der Waals surface area contributed by atoms with Crippen LogP contribution >= 0.6 is 0 Å². The fourth-order valence-electron chi connectivity index (χ4n) is 0.804. The molecule has 1 heterocycles. The van der Waals surface area contributed by atoms with Crippen molar-refractivity contribution in [2.75, 3.05) is 0 Å². The molecule has 70 valence electrons. The molecule has 0 saturated carbocycles. The Morgan fingerprint density at radius 2 is 2.08 bits per heavy atom. The molecule has 3 nitrogen and oxygen atoms in total. The van der Waals surface area contributed by atoms with Crippen molar-refractivity contribution in [3.8, 4) is 0 Å². The first-order chi connectivity index (χ1) is 5.93. The molecule has 1 aromatic rings. The average molecular weight is 194 g/mol. The first-order valence-electron chi connectivity index (χ1n) is 3.18. The maximum atomic E-state index is 12.1. The molecule has 0 spiro atoms. The van der Waals surface area contributed by atoms with E-state index in [-0.39, 0.29) is 0 Å². The van der Waals surface area contributed by atoms with Crippen LogP contribution in [-0.4, -0.2) is 16.1 Å². The number of hydrogen-bond acceptors (Lipinski definition) is 2. The SMILES string of the molecule is O=C(O)c1cc[13cH][15n][13c]1C(F)(F)F. The Morgan fingerprint density at radius 1 is 1.46 bits per heavy atom. The van der Waals surface area contributed by atoms with E-state index < -0.39 is 23.4 Å². The molecule has 0 bridgehead atoms. The van der Waals surface area contributed by atoms with Crippen LogP contribution in [0.5, 0.6) is 0 Å². The molecule has 0 aliphatic carbocycles. The summed E-state index contributed by atoms with van der Waals surface area (Å²) < 4.78 is 36.2. The second-order valence-electron chi connectivity index (χ2n) is 2.20. The summed E-state index contributed by atoms with van der Waals surface area (Å²) in [6.07, 6.45) is -3.83. The number of carbonyl (C=O) groups is 1. The number of nitrogens with zero attached hydrogens (tertiary/aromatic N) is 1. The van der Waals surface area contributed by atoms with Gasteiger partial charge in [0.15, 0.2) is 5.69 Å². The summed E-state index contributed by atoms with van der Waals surface area (Å²) in [6, 6.07) is 2.00. The minimum absolute atomic E-state index is 0.838. The molecular formula is C7H4F3NO2. The summed E-state index contributed by atoms with van der Waals surface area (Å²) in [6.45, 7) is 0. The van der Waals surface area contributed by atoms with Crippen LogP contribution in [0.1, 0.15) is 16.1 Å². The maximum Gasteiger partial charge on any atom is 0.434 e. The van der Waals surface area contributed by atoms with E-state index in [9.17, 15) is 18.0 Å². The number of aromatic nitrogens is 1. The fraction of sp³-hybridized carbons (Fsp3) is 0.143. The predicted molar refractivity (Wildman–Crippen MR) is 36.2 cm³/mol. The highest BCUT2D eigenvalue weighted by Crippen LogP contribution is 2.29. The molecule has 0 saturated heterocycles. The lowest BCUT2D eigenvalue weighted by Crippen LogP contribution is -2.14. The van der Waals surface area contributed by atoms with Crippen molar-refractivity contribution in [2.45, 2.75) is 6.18 Å². The Balaban J connectivity index is 3.28. The Kier molecular flexibility index (Phi) is 2.22. The van der Waals surface area contributed by atoms with E-state index in [1.165, 1.54) is 0 Å². The van der Waals surface area contributed by atoms with Gasteiger partial charge in [-0.1, -0.05) is 0 Å². The lowest BCUT2D eigenvalue weighted by atomic mass is 10.3. The summed E-state index contributed by atoms with van der Waals surface area (Å²) in [5.41, 5.74) is -2.21. The highest BCUT2D eigenvalue weighted by atomic mass is 19.4. The Morgan fingerprint density at radius 3 is 2.46 bits per heavy atom. The largest absolute Gasteiger partial charge is 0.478 e.